The average Bonchev–Trinajstić information content (AvgIpc) is 2.87. The number of hydrogen-bond acceptors (Lipinski definition) is 8. The number of carbonyl (C=O) groups excluding carboxylic acids is 2. The fourth-order valence-corrected chi connectivity index (χ4v) is 3.92. The highest BCUT2D eigenvalue weighted by Gasteiger charge is 2.26. The number of anilines is 2. The van der Waals surface area contributed by atoms with Crippen LogP contribution in [0, 0.1) is 5.92 Å². The molecule has 4 rings (SSSR count). The summed E-state index contributed by atoms with van der Waals surface area (Å²) in [7, 11) is 0. The minimum atomic E-state index is -0.720. The minimum Gasteiger partial charge on any atom is -0.506 e. The predicted octanol–water partition coefficient (Wildman–Crippen LogP) is 2.37. The second-order valence-electron chi connectivity index (χ2n) is 8.76. The molecule has 4 heterocycles. The Kier molecular flexibility index (Phi) is 7.09. The Labute approximate surface area is 203 Å². The van der Waals surface area contributed by atoms with Gasteiger partial charge in [-0.05, 0) is 42.3 Å². The van der Waals surface area contributed by atoms with E-state index in [9.17, 15) is 14.7 Å². The SMILES string of the molecule is CC(C)CNc1cccnc1N1CCN(C(=O)c2ccc(C(N)=O)c(-c3ncccc3O)n2)CC1. The van der Waals surface area contributed by atoms with Gasteiger partial charge in [-0.25, -0.2) is 9.97 Å². The molecule has 3 aromatic rings. The quantitative estimate of drug-likeness (QED) is 0.474. The van der Waals surface area contributed by atoms with Gasteiger partial charge >= 0.3 is 0 Å². The Hall–Kier alpha value is -4.21. The second kappa shape index (κ2) is 10.4. The number of rotatable bonds is 7. The van der Waals surface area contributed by atoms with Gasteiger partial charge in [0, 0.05) is 45.1 Å². The van der Waals surface area contributed by atoms with E-state index in [1.165, 1.54) is 24.4 Å². The highest BCUT2D eigenvalue weighted by atomic mass is 16.3. The number of nitrogens with zero attached hydrogens (tertiary/aromatic N) is 5. The Bertz CT molecular complexity index is 1220. The van der Waals surface area contributed by atoms with E-state index >= 15 is 0 Å². The van der Waals surface area contributed by atoms with Gasteiger partial charge in [0.25, 0.3) is 11.8 Å². The zero-order chi connectivity index (χ0) is 24.9. The Morgan fingerprint density at radius 1 is 1.03 bits per heavy atom. The van der Waals surface area contributed by atoms with Crippen LogP contribution in [0.5, 0.6) is 5.75 Å². The molecule has 1 fully saturated rings. The van der Waals surface area contributed by atoms with Crippen molar-refractivity contribution in [2.24, 2.45) is 11.7 Å². The summed E-state index contributed by atoms with van der Waals surface area (Å²) in [6.07, 6.45) is 3.24. The lowest BCUT2D eigenvalue weighted by Crippen LogP contribution is -2.49. The number of nitrogens with two attached hydrogens (primary N) is 1. The Morgan fingerprint density at radius 3 is 2.43 bits per heavy atom. The Morgan fingerprint density at radius 2 is 1.74 bits per heavy atom. The van der Waals surface area contributed by atoms with Crippen molar-refractivity contribution in [2.75, 3.05) is 42.9 Å². The van der Waals surface area contributed by atoms with Crippen LogP contribution in [0.2, 0.25) is 0 Å². The monoisotopic (exact) mass is 475 g/mol. The van der Waals surface area contributed by atoms with Gasteiger partial charge in [0.15, 0.2) is 5.82 Å². The number of hydrogen-bond donors (Lipinski definition) is 3. The van der Waals surface area contributed by atoms with Crippen LogP contribution in [0.1, 0.15) is 34.7 Å². The predicted molar refractivity (Wildman–Crippen MR) is 133 cm³/mol. The summed E-state index contributed by atoms with van der Waals surface area (Å²) in [6, 6.07) is 9.84. The maximum atomic E-state index is 13.3. The van der Waals surface area contributed by atoms with Crippen molar-refractivity contribution in [3.8, 4) is 17.1 Å². The lowest BCUT2D eigenvalue weighted by Gasteiger charge is -2.36. The van der Waals surface area contributed by atoms with Gasteiger partial charge in [-0.1, -0.05) is 13.8 Å². The molecule has 10 nitrogen and oxygen atoms in total. The van der Waals surface area contributed by atoms with Crippen molar-refractivity contribution in [1.29, 1.82) is 0 Å². The lowest BCUT2D eigenvalue weighted by atomic mass is 10.1. The van der Waals surface area contributed by atoms with Crippen molar-refractivity contribution in [3.05, 3.63) is 60.0 Å². The molecular weight excluding hydrogens is 446 g/mol. The van der Waals surface area contributed by atoms with Crippen molar-refractivity contribution in [3.63, 3.8) is 0 Å². The molecule has 182 valence electrons. The molecule has 0 atom stereocenters. The van der Waals surface area contributed by atoms with Gasteiger partial charge < -0.3 is 26.0 Å². The molecular formula is C25H29N7O3. The number of nitrogens with one attached hydrogen (secondary N) is 1. The van der Waals surface area contributed by atoms with Crippen LogP contribution >= 0.6 is 0 Å². The number of primary amides is 1. The lowest BCUT2D eigenvalue weighted by molar-refractivity contribution is 0.0740. The van der Waals surface area contributed by atoms with E-state index in [0.29, 0.717) is 32.1 Å². The van der Waals surface area contributed by atoms with Crippen LogP contribution in [-0.4, -0.2) is 69.5 Å². The van der Waals surface area contributed by atoms with Crippen molar-refractivity contribution >= 4 is 23.3 Å². The number of pyridine rings is 3. The smallest absolute Gasteiger partial charge is 0.272 e. The highest BCUT2D eigenvalue weighted by Crippen LogP contribution is 2.28. The highest BCUT2D eigenvalue weighted by molar-refractivity contribution is 6.01. The molecule has 0 spiro atoms. The molecule has 4 N–H and O–H groups in total. The van der Waals surface area contributed by atoms with Crippen LogP contribution in [-0.2, 0) is 0 Å². The second-order valence-corrected chi connectivity index (χ2v) is 8.76. The van der Waals surface area contributed by atoms with Crippen LogP contribution in [0.15, 0.2) is 48.8 Å². The third-order valence-corrected chi connectivity index (χ3v) is 5.74. The molecule has 0 bridgehead atoms. The molecule has 1 saturated heterocycles. The summed E-state index contributed by atoms with van der Waals surface area (Å²) >= 11 is 0. The van der Waals surface area contributed by atoms with Crippen LogP contribution in [0.4, 0.5) is 11.5 Å². The summed E-state index contributed by atoms with van der Waals surface area (Å²) in [6.45, 7) is 7.36. The van der Waals surface area contributed by atoms with Gasteiger partial charge in [0.1, 0.15) is 22.8 Å². The molecule has 2 amide bonds. The van der Waals surface area contributed by atoms with Gasteiger partial charge in [0.2, 0.25) is 0 Å². The van der Waals surface area contributed by atoms with E-state index in [4.69, 9.17) is 5.73 Å². The Balaban J connectivity index is 1.51. The van der Waals surface area contributed by atoms with Crippen LogP contribution in [0.25, 0.3) is 11.4 Å². The summed E-state index contributed by atoms with van der Waals surface area (Å²) in [4.78, 5) is 42.1. The summed E-state index contributed by atoms with van der Waals surface area (Å²) in [5.41, 5.74) is 6.87. The van der Waals surface area contributed by atoms with Gasteiger partial charge in [-0.3, -0.25) is 14.6 Å². The van der Waals surface area contributed by atoms with E-state index in [1.807, 2.05) is 12.1 Å². The molecule has 10 heteroatoms. The topological polar surface area (TPSA) is 138 Å². The summed E-state index contributed by atoms with van der Waals surface area (Å²) in [5.74, 6) is 0.234. The van der Waals surface area contributed by atoms with Crippen LogP contribution in [0.3, 0.4) is 0 Å². The molecule has 0 unspecified atom stereocenters. The summed E-state index contributed by atoms with van der Waals surface area (Å²) < 4.78 is 0. The van der Waals surface area contributed by atoms with Crippen molar-refractivity contribution in [1.82, 2.24) is 19.9 Å². The first kappa shape index (κ1) is 23.9. The standard InChI is InChI=1S/C25H29N7O3/c1-16(2)15-29-18-5-3-10-28-24(18)31-11-13-32(14-12-31)25(35)19-8-7-17(23(26)34)21(30-19)22-20(33)6-4-9-27-22/h3-10,16,29,33H,11-15H2,1-2H3,(H2,26,34). The van der Waals surface area contributed by atoms with Gasteiger partial charge in [-0.15, -0.1) is 0 Å². The minimum absolute atomic E-state index is 0.0782. The third kappa shape index (κ3) is 5.32. The molecule has 0 saturated carbocycles. The van der Waals surface area contributed by atoms with Crippen molar-refractivity contribution in [2.45, 2.75) is 13.8 Å². The van der Waals surface area contributed by atoms with E-state index in [1.54, 1.807) is 17.2 Å². The van der Waals surface area contributed by atoms with E-state index in [2.05, 4.69) is 39.0 Å². The maximum Gasteiger partial charge on any atom is 0.272 e. The molecule has 0 aliphatic carbocycles. The molecule has 1 aliphatic rings. The number of carbonyl (C=O) groups is 2. The van der Waals surface area contributed by atoms with E-state index in [0.717, 1.165) is 18.1 Å². The molecule has 1 aliphatic heterocycles. The molecule has 0 radical (unpaired) electrons. The third-order valence-electron chi connectivity index (χ3n) is 5.74. The first-order valence-electron chi connectivity index (χ1n) is 11.5. The molecule has 0 aromatic carbocycles. The van der Waals surface area contributed by atoms with Gasteiger partial charge in [0.05, 0.1) is 11.3 Å². The normalized spacial score (nSPS) is 13.7. The van der Waals surface area contributed by atoms with Crippen LogP contribution < -0.4 is 16.0 Å². The number of amides is 2. The van der Waals surface area contributed by atoms with Gasteiger partial charge in [-0.2, -0.15) is 0 Å². The van der Waals surface area contributed by atoms with Crippen molar-refractivity contribution < 1.29 is 14.7 Å². The molecule has 35 heavy (non-hydrogen) atoms. The average molecular weight is 476 g/mol. The largest absolute Gasteiger partial charge is 0.506 e. The first-order valence-corrected chi connectivity index (χ1v) is 11.5. The summed E-state index contributed by atoms with van der Waals surface area (Å²) in [5, 5.41) is 13.7. The fourth-order valence-electron chi connectivity index (χ4n) is 3.92. The fraction of sp³-hybridized carbons (Fsp3) is 0.320. The number of aromatic hydroxyl groups is 1. The maximum absolute atomic E-state index is 13.3. The van der Waals surface area contributed by atoms with E-state index in [-0.39, 0.29) is 34.3 Å². The van der Waals surface area contributed by atoms with E-state index < -0.39 is 5.91 Å². The first-order chi connectivity index (χ1) is 16.8. The molecule has 3 aromatic heterocycles. The number of aromatic nitrogens is 3. The zero-order valence-corrected chi connectivity index (χ0v) is 19.8. The number of piperazine rings is 1. The zero-order valence-electron chi connectivity index (χ0n) is 19.8.